The summed E-state index contributed by atoms with van der Waals surface area (Å²) in [5, 5.41) is 9.83. The average Bonchev–Trinajstić information content (AvgIpc) is 3.57. The van der Waals surface area contributed by atoms with Gasteiger partial charge in [-0.2, -0.15) is 0 Å². The highest BCUT2D eigenvalue weighted by Crippen LogP contribution is 2.45. The van der Waals surface area contributed by atoms with E-state index in [9.17, 15) is 0 Å². The molecule has 0 N–H and O–H groups in total. The van der Waals surface area contributed by atoms with E-state index in [1.54, 1.807) is 0 Å². The van der Waals surface area contributed by atoms with Crippen molar-refractivity contribution in [2.75, 3.05) is 0 Å². The molecule has 0 atom stereocenters. The van der Waals surface area contributed by atoms with Gasteiger partial charge in [0.05, 0.1) is 0 Å². The van der Waals surface area contributed by atoms with E-state index < -0.39 is 0 Å². The standard InChI is InChI=1S/C45H27N3S/c1-2-13-31(14-3-1)43-46-44(32-24-21-30(22-25-32)35-19-10-15-28-11-4-6-16-34(28)35)48-45(47-43)38-27-33-26-23-29-12-5-7-17-36(29)40(33)42-41(38)37-18-8-9-20-39(37)49-42/h1-27H. The van der Waals surface area contributed by atoms with Crippen molar-refractivity contribution in [3.63, 3.8) is 0 Å². The minimum absolute atomic E-state index is 0.652. The summed E-state index contributed by atoms with van der Waals surface area (Å²) in [6, 6.07) is 57.9. The van der Waals surface area contributed by atoms with Crippen molar-refractivity contribution in [3.8, 4) is 45.3 Å². The third-order valence-corrected chi connectivity index (χ3v) is 10.7. The SMILES string of the molecule is c1ccc(-c2nc(-c3ccc(-c4cccc5ccccc45)cc3)nc(-c3cc4ccc5ccccc5c4c4sc5ccccc5c34)n2)cc1. The van der Waals surface area contributed by atoms with Crippen molar-refractivity contribution in [2.45, 2.75) is 0 Å². The molecule has 0 aliphatic carbocycles. The van der Waals surface area contributed by atoms with E-state index in [-0.39, 0.29) is 0 Å². The first kappa shape index (κ1) is 27.8. The fraction of sp³-hybridized carbons (Fsp3) is 0. The molecule has 0 saturated heterocycles. The van der Waals surface area contributed by atoms with Crippen LogP contribution in [-0.2, 0) is 0 Å². The predicted octanol–water partition coefficient (Wildman–Crippen LogP) is 12.4. The second-order valence-corrected chi connectivity index (χ2v) is 13.4. The average molecular weight is 642 g/mol. The maximum Gasteiger partial charge on any atom is 0.164 e. The maximum atomic E-state index is 5.24. The van der Waals surface area contributed by atoms with Crippen LogP contribution in [0.25, 0.3) is 97.8 Å². The van der Waals surface area contributed by atoms with Crippen molar-refractivity contribution in [2.24, 2.45) is 0 Å². The normalized spacial score (nSPS) is 11.7. The number of fused-ring (bicyclic) bond motifs is 8. The van der Waals surface area contributed by atoms with Crippen LogP contribution in [0.3, 0.4) is 0 Å². The third kappa shape index (κ3) is 4.61. The van der Waals surface area contributed by atoms with Gasteiger partial charge in [0.25, 0.3) is 0 Å². The van der Waals surface area contributed by atoms with E-state index in [1.165, 1.54) is 58.1 Å². The van der Waals surface area contributed by atoms with E-state index in [0.717, 1.165) is 22.3 Å². The van der Waals surface area contributed by atoms with Gasteiger partial charge in [-0.1, -0.05) is 152 Å². The van der Waals surface area contributed by atoms with E-state index in [4.69, 9.17) is 15.0 Å². The molecular weight excluding hydrogens is 615 g/mol. The highest BCUT2D eigenvalue weighted by Gasteiger charge is 2.20. The predicted molar refractivity (Wildman–Crippen MR) is 207 cm³/mol. The molecule has 3 nitrogen and oxygen atoms in total. The highest BCUT2D eigenvalue weighted by atomic mass is 32.1. The number of aromatic nitrogens is 3. The smallest absolute Gasteiger partial charge is 0.164 e. The fourth-order valence-electron chi connectivity index (χ4n) is 7.17. The van der Waals surface area contributed by atoms with E-state index in [0.29, 0.717) is 17.5 Å². The summed E-state index contributed by atoms with van der Waals surface area (Å²) in [5.41, 5.74) is 5.29. The molecule has 0 aliphatic rings. The van der Waals surface area contributed by atoms with Gasteiger partial charge >= 0.3 is 0 Å². The number of nitrogens with zero attached hydrogens (tertiary/aromatic N) is 3. The monoisotopic (exact) mass is 641 g/mol. The van der Waals surface area contributed by atoms with Crippen LogP contribution in [0.4, 0.5) is 0 Å². The van der Waals surface area contributed by atoms with Gasteiger partial charge in [0.1, 0.15) is 0 Å². The molecule has 0 unspecified atom stereocenters. The van der Waals surface area contributed by atoms with Crippen LogP contribution in [0.5, 0.6) is 0 Å². The molecule has 8 aromatic carbocycles. The van der Waals surface area contributed by atoms with Crippen molar-refractivity contribution in [3.05, 3.63) is 164 Å². The highest BCUT2D eigenvalue weighted by molar-refractivity contribution is 7.27. The Morgan fingerprint density at radius 3 is 1.71 bits per heavy atom. The summed E-state index contributed by atoms with van der Waals surface area (Å²) in [7, 11) is 0. The lowest BCUT2D eigenvalue weighted by atomic mass is 9.96. The van der Waals surface area contributed by atoms with Crippen molar-refractivity contribution in [1.82, 2.24) is 15.0 Å². The molecule has 228 valence electrons. The zero-order valence-electron chi connectivity index (χ0n) is 26.3. The molecule has 49 heavy (non-hydrogen) atoms. The Hall–Kier alpha value is -6.23. The van der Waals surface area contributed by atoms with Gasteiger partial charge in [-0.25, -0.2) is 15.0 Å². The third-order valence-electron chi connectivity index (χ3n) is 9.51. The molecule has 10 aromatic rings. The molecule has 0 fully saturated rings. The number of rotatable bonds is 4. The summed E-state index contributed by atoms with van der Waals surface area (Å²) in [4.78, 5) is 15.5. The van der Waals surface area contributed by atoms with Gasteiger partial charge in [-0.05, 0) is 50.2 Å². The van der Waals surface area contributed by atoms with Crippen LogP contribution < -0.4 is 0 Å². The van der Waals surface area contributed by atoms with E-state index in [1.807, 2.05) is 29.5 Å². The molecule has 2 heterocycles. The zero-order chi connectivity index (χ0) is 32.3. The molecule has 0 bridgehead atoms. The van der Waals surface area contributed by atoms with Gasteiger partial charge in [0.15, 0.2) is 17.5 Å². The van der Waals surface area contributed by atoms with Crippen LogP contribution >= 0.6 is 11.3 Å². The first-order valence-corrected chi connectivity index (χ1v) is 17.3. The summed E-state index contributed by atoms with van der Waals surface area (Å²) in [6.07, 6.45) is 0. The van der Waals surface area contributed by atoms with Crippen molar-refractivity contribution in [1.29, 1.82) is 0 Å². The van der Waals surface area contributed by atoms with Gasteiger partial charge in [0.2, 0.25) is 0 Å². The molecule has 0 aliphatic heterocycles. The van der Waals surface area contributed by atoms with Gasteiger partial charge in [-0.15, -0.1) is 11.3 Å². The molecule has 0 radical (unpaired) electrons. The van der Waals surface area contributed by atoms with Gasteiger partial charge in [0, 0.05) is 42.2 Å². The lowest BCUT2D eigenvalue weighted by Crippen LogP contribution is -2.00. The van der Waals surface area contributed by atoms with Crippen LogP contribution in [0, 0.1) is 0 Å². The summed E-state index contributed by atoms with van der Waals surface area (Å²) in [6.45, 7) is 0. The lowest BCUT2D eigenvalue weighted by Gasteiger charge is -2.13. The minimum atomic E-state index is 0.652. The molecule has 4 heteroatoms. The first-order chi connectivity index (χ1) is 24.3. The Labute approximate surface area is 286 Å². The molecule has 0 amide bonds. The minimum Gasteiger partial charge on any atom is -0.208 e. The Kier molecular flexibility index (Phi) is 6.36. The van der Waals surface area contributed by atoms with Crippen molar-refractivity contribution < 1.29 is 0 Å². The first-order valence-electron chi connectivity index (χ1n) is 16.4. The molecule has 10 rings (SSSR count). The largest absolute Gasteiger partial charge is 0.208 e. The van der Waals surface area contributed by atoms with E-state index >= 15 is 0 Å². The molecule has 0 saturated carbocycles. The Balaban J connectivity index is 1.21. The van der Waals surface area contributed by atoms with Crippen LogP contribution in [-0.4, -0.2) is 15.0 Å². The van der Waals surface area contributed by atoms with Crippen LogP contribution in [0.1, 0.15) is 0 Å². The molecular formula is C45H27N3S. The number of thiophene rings is 1. The Morgan fingerprint density at radius 2 is 0.918 bits per heavy atom. The van der Waals surface area contributed by atoms with Crippen LogP contribution in [0.2, 0.25) is 0 Å². The maximum absolute atomic E-state index is 5.24. The van der Waals surface area contributed by atoms with Crippen LogP contribution in [0.15, 0.2) is 164 Å². The van der Waals surface area contributed by atoms with E-state index in [2.05, 4.69) is 146 Å². The van der Waals surface area contributed by atoms with Crippen molar-refractivity contribution >= 4 is 63.8 Å². The summed E-state index contributed by atoms with van der Waals surface area (Å²) in [5.74, 6) is 1.98. The fourth-order valence-corrected chi connectivity index (χ4v) is 8.47. The summed E-state index contributed by atoms with van der Waals surface area (Å²) >= 11 is 1.85. The molecule has 2 aromatic heterocycles. The van der Waals surface area contributed by atoms with Gasteiger partial charge < -0.3 is 0 Å². The summed E-state index contributed by atoms with van der Waals surface area (Å²) < 4.78 is 2.51. The Bertz CT molecular complexity index is 2870. The molecule has 0 spiro atoms. The second-order valence-electron chi connectivity index (χ2n) is 12.4. The zero-order valence-corrected chi connectivity index (χ0v) is 27.2. The quantitative estimate of drug-likeness (QED) is 0.180. The Morgan fingerprint density at radius 1 is 0.347 bits per heavy atom. The lowest BCUT2D eigenvalue weighted by molar-refractivity contribution is 1.08. The second kappa shape index (κ2) is 11.2. The number of hydrogen-bond acceptors (Lipinski definition) is 4. The topological polar surface area (TPSA) is 38.7 Å². The van der Waals surface area contributed by atoms with Gasteiger partial charge in [-0.3, -0.25) is 0 Å². The number of benzene rings is 8. The number of hydrogen-bond donors (Lipinski definition) is 0.